The number of halogens is 1. The van der Waals surface area contributed by atoms with E-state index < -0.39 is 5.97 Å². The summed E-state index contributed by atoms with van der Waals surface area (Å²) in [5.74, 6) is 0.202. The number of carbonyl (C=O) groups excluding carboxylic acids is 1. The van der Waals surface area contributed by atoms with Crippen molar-refractivity contribution in [2.24, 2.45) is 0 Å². The van der Waals surface area contributed by atoms with Gasteiger partial charge in [0.25, 0.3) is 5.91 Å². The molecule has 9 heteroatoms. The number of benzene rings is 2. The lowest BCUT2D eigenvalue weighted by molar-refractivity contribution is -0.113. The van der Waals surface area contributed by atoms with Gasteiger partial charge in [-0.3, -0.25) is 9.69 Å². The number of ether oxygens (including phenoxy) is 1. The molecule has 1 aliphatic rings. The summed E-state index contributed by atoms with van der Waals surface area (Å²) in [5.41, 5.74) is 1.19. The van der Waals surface area contributed by atoms with Gasteiger partial charge in [0, 0.05) is 11.6 Å². The van der Waals surface area contributed by atoms with Crippen molar-refractivity contribution in [1.82, 2.24) is 0 Å². The Hall–Kier alpha value is -3.07. The maximum atomic E-state index is 12.9. The first kappa shape index (κ1) is 21.2. The number of carboxylic acids is 1. The number of carbonyl (C=O) groups is 2. The molecule has 0 spiro atoms. The topological polar surface area (TPSA) is 80.0 Å². The fraction of sp³-hybridized carbons (Fsp3) is 0.0455. The number of thioether (sulfide) groups is 1. The summed E-state index contributed by atoms with van der Waals surface area (Å²) < 4.78 is 11.4. The van der Waals surface area contributed by atoms with Crippen molar-refractivity contribution in [2.45, 2.75) is 0 Å². The van der Waals surface area contributed by atoms with Crippen molar-refractivity contribution in [3.8, 4) is 17.1 Å². The lowest BCUT2D eigenvalue weighted by atomic mass is 10.1. The second-order valence-corrected chi connectivity index (χ2v) is 8.50. The molecular weight excluding hydrogens is 458 g/mol. The van der Waals surface area contributed by atoms with Crippen molar-refractivity contribution >= 4 is 63.5 Å². The molecule has 31 heavy (non-hydrogen) atoms. The van der Waals surface area contributed by atoms with Crippen LogP contribution in [0.2, 0.25) is 5.02 Å². The van der Waals surface area contributed by atoms with E-state index in [1.165, 1.54) is 28.8 Å². The molecule has 1 fully saturated rings. The molecule has 1 amide bonds. The van der Waals surface area contributed by atoms with Crippen molar-refractivity contribution in [3.63, 3.8) is 0 Å². The molecule has 0 saturated carbocycles. The van der Waals surface area contributed by atoms with Gasteiger partial charge < -0.3 is 14.3 Å². The number of hydrogen-bond acceptors (Lipinski definition) is 6. The molecule has 2 heterocycles. The minimum atomic E-state index is -1.12. The van der Waals surface area contributed by atoms with E-state index in [4.69, 9.17) is 33.0 Å². The fourth-order valence-electron chi connectivity index (χ4n) is 2.98. The molecular formula is C22H14ClNO5S2. The van der Waals surface area contributed by atoms with Crippen LogP contribution in [0.5, 0.6) is 5.75 Å². The number of thiocarbonyl (C=S) groups is 1. The van der Waals surface area contributed by atoms with E-state index in [0.29, 0.717) is 37.7 Å². The number of furan rings is 1. The van der Waals surface area contributed by atoms with E-state index in [1.54, 1.807) is 55.7 Å². The molecule has 3 aromatic rings. The van der Waals surface area contributed by atoms with Gasteiger partial charge in [-0.05, 0) is 54.6 Å². The Kier molecular flexibility index (Phi) is 5.86. The molecule has 6 nitrogen and oxygen atoms in total. The van der Waals surface area contributed by atoms with Gasteiger partial charge in [-0.15, -0.1) is 0 Å². The quantitative estimate of drug-likeness (QED) is 0.377. The van der Waals surface area contributed by atoms with Gasteiger partial charge >= 0.3 is 5.97 Å². The number of carboxylic acid groups (broad SMARTS) is 1. The highest BCUT2D eigenvalue weighted by Crippen LogP contribution is 2.37. The van der Waals surface area contributed by atoms with Gasteiger partial charge in [-0.25, -0.2) is 4.79 Å². The average Bonchev–Trinajstić information content (AvgIpc) is 3.33. The van der Waals surface area contributed by atoms with Crippen LogP contribution in [-0.4, -0.2) is 28.4 Å². The third kappa shape index (κ3) is 4.23. The molecule has 1 N–H and O–H groups in total. The molecule has 1 saturated heterocycles. The van der Waals surface area contributed by atoms with E-state index in [-0.39, 0.29) is 16.5 Å². The van der Waals surface area contributed by atoms with Gasteiger partial charge in [0.2, 0.25) is 0 Å². The van der Waals surface area contributed by atoms with E-state index in [2.05, 4.69) is 0 Å². The highest BCUT2D eigenvalue weighted by molar-refractivity contribution is 8.27. The predicted octanol–water partition coefficient (Wildman–Crippen LogP) is 5.71. The molecule has 1 aliphatic heterocycles. The molecule has 0 unspecified atom stereocenters. The summed E-state index contributed by atoms with van der Waals surface area (Å²) in [7, 11) is 1.57. The molecule has 1 aromatic heterocycles. The molecule has 0 bridgehead atoms. The van der Waals surface area contributed by atoms with Crippen LogP contribution >= 0.6 is 35.6 Å². The number of amides is 1. The predicted molar refractivity (Wildman–Crippen MR) is 125 cm³/mol. The second-order valence-electron chi connectivity index (χ2n) is 6.42. The van der Waals surface area contributed by atoms with Gasteiger partial charge in [-0.1, -0.05) is 35.6 Å². The summed E-state index contributed by atoms with van der Waals surface area (Å²) in [6.07, 6.45) is 1.61. The number of anilines is 1. The monoisotopic (exact) mass is 471 g/mol. The largest absolute Gasteiger partial charge is 0.497 e. The van der Waals surface area contributed by atoms with Crippen LogP contribution in [0.4, 0.5) is 5.69 Å². The smallest absolute Gasteiger partial charge is 0.337 e. The fourth-order valence-corrected chi connectivity index (χ4v) is 4.46. The summed E-state index contributed by atoms with van der Waals surface area (Å²) in [6, 6.07) is 15.0. The lowest BCUT2D eigenvalue weighted by Crippen LogP contribution is -2.27. The van der Waals surface area contributed by atoms with Crippen LogP contribution < -0.4 is 9.64 Å². The van der Waals surface area contributed by atoms with Gasteiger partial charge in [0.15, 0.2) is 4.32 Å². The van der Waals surface area contributed by atoms with Crippen molar-refractivity contribution in [1.29, 1.82) is 0 Å². The highest BCUT2D eigenvalue weighted by Gasteiger charge is 2.33. The standard InChI is InChI=1S/C22H14ClNO5S2/c1-28-14-5-3-13(4-6-14)24-20(25)19(31-22(24)30)11-15-7-9-18(29-15)12-2-8-17(23)16(10-12)21(26)27/h2-11H,1H3,(H,26,27)/b19-11-. The summed E-state index contributed by atoms with van der Waals surface area (Å²) >= 11 is 12.5. The van der Waals surface area contributed by atoms with Crippen LogP contribution in [-0.2, 0) is 4.79 Å². The third-order valence-electron chi connectivity index (χ3n) is 4.51. The molecule has 2 aromatic carbocycles. The molecule has 0 radical (unpaired) electrons. The van der Waals surface area contributed by atoms with E-state index in [0.717, 1.165) is 0 Å². The first-order valence-electron chi connectivity index (χ1n) is 8.92. The average molecular weight is 472 g/mol. The second kappa shape index (κ2) is 8.58. The zero-order valence-corrected chi connectivity index (χ0v) is 18.4. The molecule has 156 valence electrons. The normalized spacial score (nSPS) is 15.0. The van der Waals surface area contributed by atoms with E-state index in [9.17, 15) is 14.7 Å². The third-order valence-corrected chi connectivity index (χ3v) is 6.14. The Morgan fingerprint density at radius 2 is 1.94 bits per heavy atom. The van der Waals surface area contributed by atoms with Gasteiger partial charge in [0.1, 0.15) is 17.3 Å². The molecule has 0 atom stereocenters. The van der Waals surface area contributed by atoms with Gasteiger partial charge in [-0.2, -0.15) is 0 Å². The number of methoxy groups -OCH3 is 1. The zero-order valence-electron chi connectivity index (χ0n) is 16.0. The van der Waals surface area contributed by atoms with E-state index in [1.807, 2.05) is 0 Å². The number of hydrogen-bond donors (Lipinski definition) is 1. The van der Waals surface area contributed by atoms with Crippen LogP contribution in [0, 0.1) is 0 Å². The first-order valence-corrected chi connectivity index (χ1v) is 10.5. The highest BCUT2D eigenvalue weighted by atomic mass is 35.5. The molecule has 4 rings (SSSR count). The minimum absolute atomic E-state index is 0.0162. The summed E-state index contributed by atoms with van der Waals surface area (Å²) in [4.78, 5) is 26.1. The maximum Gasteiger partial charge on any atom is 0.337 e. The Morgan fingerprint density at radius 3 is 2.61 bits per heavy atom. The Balaban J connectivity index is 1.59. The van der Waals surface area contributed by atoms with E-state index >= 15 is 0 Å². The Morgan fingerprint density at radius 1 is 1.19 bits per heavy atom. The van der Waals surface area contributed by atoms with Crippen LogP contribution in [0.1, 0.15) is 16.1 Å². The SMILES string of the molecule is COc1ccc(N2C(=O)/C(=C/c3ccc(-c4ccc(Cl)c(C(=O)O)c4)o3)SC2=S)cc1. The number of nitrogens with zero attached hydrogens (tertiary/aromatic N) is 1. The van der Waals surface area contributed by atoms with Crippen molar-refractivity contribution < 1.29 is 23.8 Å². The first-order chi connectivity index (χ1) is 14.9. The zero-order chi connectivity index (χ0) is 22.1. The Bertz CT molecular complexity index is 1230. The van der Waals surface area contributed by atoms with Crippen LogP contribution in [0.3, 0.4) is 0 Å². The Labute approximate surface area is 192 Å². The van der Waals surface area contributed by atoms with Crippen LogP contribution in [0.25, 0.3) is 17.4 Å². The molecule has 0 aliphatic carbocycles. The summed E-state index contributed by atoms with van der Waals surface area (Å²) in [6.45, 7) is 0. The summed E-state index contributed by atoms with van der Waals surface area (Å²) in [5, 5.41) is 9.39. The van der Waals surface area contributed by atoms with Crippen molar-refractivity contribution in [3.05, 3.63) is 75.8 Å². The number of aromatic carboxylic acids is 1. The van der Waals surface area contributed by atoms with Crippen LogP contribution in [0.15, 0.2) is 63.9 Å². The maximum absolute atomic E-state index is 12.9. The lowest BCUT2D eigenvalue weighted by Gasteiger charge is -2.14. The number of rotatable bonds is 5. The van der Waals surface area contributed by atoms with Crippen molar-refractivity contribution in [2.75, 3.05) is 12.0 Å². The minimum Gasteiger partial charge on any atom is -0.497 e. The van der Waals surface area contributed by atoms with Gasteiger partial charge in [0.05, 0.1) is 28.3 Å².